The van der Waals surface area contributed by atoms with Gasteiger partial charge in [-0.15, -0.1) is 10.2 Å². The van der Waals surface area contributed by atoms with Crippen molar-refractivity contribution < 1.29 is 4.42 Å². The second-order valence-electron chi connectivity index (χ2n) is 7.13. The first kappa shape index (κ1) is 19.5. The van der Waals surface area contributed by atoms with Crippen LogP contribution in [-0.2, 0) is 6.42 Å². The van der Waals surface area contributed by atoms with Gasteiger partial charge in [0.25, 0.3) is 5.89 Å². The second kappa shape index (κ2) is 8.29. The lowest BCUT2D eigenvalue weighted by Crippen LogP contribution is -2.08. The summed E-state index contributed by atoms with van der Waals surface area (Å²) in [4.78, 5) is 11.0. The van der Waals surface area contributed by atoms with Crippen LogP contribution in [0.3, 0.4) is 0 Å². The third-order valence-electron chi connectivity index (χ3n) is 4.96. The molecule has 2 aromatic carbocycles. The van der Waals surface area contributed by atoms with Gasteiger partial charge >= 0.3 is 0 Å². The normalized spacial score (nSPS) is 10.8. The first-order valence-electron chi connectivity index (χ1n) is 9.78. The van der Waals surface area contributed by atoms with Crippen LogP contribution in [0.25, 0.3) is 40.0 Å². The molecule has 0 unspecified atom stereocenters. The van der Waals surface area contributed by atoms with Crippen molar-refractivity contribution in [3.8, 4) is 34.3 Å². The van der Waals surface area contributed by atoms with Crippen molar-refractivity contribution >= 4 is 5.70 Å². The summed E-state index contributed by atoms with van der Waals surface area (Å²) in [6.45, 7) is 6.19. The highest BCUT2D eigenvalue weighted by Crippen LogP contribution is 2.27. The summed E-state index contributed by atoms with van der Waals surface area (Å²) in [7, 11) is 3.95. The van der Waals surface area contributed by atoms with Crippen LogP contribution in [0.1, 0.15) is 18.1 Å². The van der Waals surface area contributed by atoms with E-state index in [0.717, 1.165) is 40.1 Å². The first-order valence-corrected chi connectivity index (χ1v) is 9.78. The Labute approximate surface area is 176 Å². The average Bonchev–Trinajstić information content (AvgIpc) is 3.29. The lowest BCUT2D eigenvalue weighted by Gasteiger charge is -2.15. The van der Waals surface area contributed by atoms with Crippen LogP contribution in [0, 0.1) is 0 Å². The van der Waals surface area contributed by atoms with E-state index < -0.39 is 0 Å². The van der Waals surface area contributed by atoms with E-state index in [1.54, 1.807) is 12.4 Å². The smallest absolute Gasteiger partial charge is 0.268 e. The zero-order valence-corrected chi connectivity index (χ0v) is 17.3. The molecule has 6 nitrogen and oxygen atoms in total. The lowest BCUT2D eigenvalue weighted by atomic mass is 10.1. The Kier molecular flexibility index (Phi) is 5.39. The topological polar surface area (TPSA) is 67.9 Å². The molecule has 30 heavy (non-hydrogen) atoms. The van der Waals surface area contributed by atoms with Gasteiger partial charge in [-0.2, -0.15) is 0 Å². The highest BCUT2D eigenvalue weighted by molar-refractivity contribution is 5.67. The number of hydrogen-bond acceptors (Lipinski definition) is 6. The van der Waals surface area contributed by atoms with Crippen molar-refractivity contribution in [2.45, 2.75) is 13.3 Å². The molecule has 0 N–H and O–H groups in total. The molecule has 0 bridgehead atoms. The molecule has 0 saturated heterocycles. The molecule has 0 aliphatic heterocycles. The van der Waals surface area contributed by atoms with E-state index in [0.29, 0.717) is 17.5 Å². The van der Waals surface area contributed by atoms with E-state index in [1.807, 2.05) is 61.5 Å². The van der Waals surface area contributed by atoms with Crippen molar-refractivity contribution in [1.29, 1.82) is 0 Å². The monoisotopic (exact) mass is 397 g/mol. The van der Waals surface area contributed by atoms with Crippen LogP contribution in [0.2, 0.25) is 0 Å². The molecule has 2 aromatic heterocycles. The minimum absolute atomic E-state index is 0.350. The Morgan fingerprint density at radius 2 is 1.63 bits per heavy atom. The predicted molar refractivity (Wildman–Crippen MR) is 118 cm³/mol. The van der Waals surface area contributed by atoms with Crippen LogP contribution in [0.5, 0.6) is 0 Å². The molecule has 2 heterocycles. The molecule has 0 atom stereocenters. The molecule has 0 aliphatic rings. The van der Waals surface area contributed by atoms with E-state index >= 15 is 0 Å². The molecular formula is C24H23N5O. The Morgan fingerprint density at radius 3 is 2.37 bits per heavy atom. The van der Waals surface area contributed by atoms with Gasteiger partial charge in [-0.1, -0.05) is 56.0 Å². The third kappa shape index (κ3) is 3.85. The standard InChI is InChI=1S/C24H23N5O/c1-5-17-8-6-7-9-20(17)23-27-28-24(30-23)22-15-25-14-21(26-22)19-12-10-18(11-13-19)16(2)29(3)4/h6-15H,2,5H2,1,3-4H3. The maximum absolute atomic E-state index is 5.92. The highest BCUT2D eigenvalue weighted by atomic mass is 16.4. The minimum Gasteiger partial charge on any atom is -0.415 e. The van der Waals surface area contributed by atoms with Gasteiger partial charge in [0.05, 0.1) is 18.1 Å². The van der Waals surface area contributed by atoms with Crippen LogP contribution < -0.4 is 0 Å². The SMILES string of the molecule is C=C(c1ccc(-c2cncc(-c3nnc(-c4ccccc4CC)o3)n2)cc1)N(C)C. The van der Waals surface area contributed by atoms with Crippen LogP contribution in [0.15, 0.2) is 71.9 Å². The van der Waals surface area contributed by atoms with Gasteiger partial charge in [0.15, 0.2) is 0 Å². The van der Waals surface area contributed by atoms with Gasteiger partial charge in [-0.25, -0.2) is 4.98 Å². The van der Waals surface area contributed by atoms with Crippen molar-refractivity contribution in [3.05, 3.63) is 78.6 Å². The summed E-state index contributed by atoms with van der Waals surface area (Å²) in [6.07, 6.45) is 4.25. The molecule has 0 spiro atoms. The van der Waals surface area contributed by atoms with Crippen molar-refractivity contribution in [3.63, 3.8) is 0 Å². The van der Waals surface area contributed by atoms with Gasteiger partial charge in [-0.3, -0.25) is 4.98 Å². The maximum atomic E-state index is 5.92. The fourth-order valence-electron chi connectivity index (χ4n) is 3.17. The Morgan fingerprint density at radius 1 is 0.933 bits per heavy atom. The molecule has 0 radical (unpaired) electrons. The van der Waals surface area contributed by atoms with Gasteiger partial charge in [0.2, 0.25) is 5.89 Å². The second-order valence-corrected chi connectivity index (χ2v) is 7.13. The van der Waals surface area contributed by atoms with Crippen molar-refractivity contribution in [1.82, 2.24) is 25.1 Å². The van der Waals surface area contributed by atoms with Crippen molar-refractivity contribution in [2.75, 3.05) is 14.1 Å². The van der Waals surface area contributed by atoms with Gasteiger partial charge in [0, 0.05) is 30.9 Å². The molecule has 0 saturated carbocycles. The van der Waals surface area contributed by atoms with Gasteiger partial charge in [0.1, 0.15) is 5.69 Å². The summed E-state index contributed by atoms with van der Waals surface area (Å²) in [5.74, 6) is 0.837. The van der Waals surface area contributed by atoms with E-state index in [2.05, 4.69) is 39.7 Å². The summed E-state index contributed by atoms with van der Waals surface area (Å²) in [5, 5.41) is 8.42. The third-order valence-corrected chi connectivity index (χ3v) is 4.96. The van der Waals surface area contributed by atoms with Crippen LogP contribution >= 0.6 is 0 Å². The molecule has 4 rings (SSSR count). The Bertz CT molecular complexity index is 1180. The number of nitrogens with zero attached hydrogens (tertiary/aromatic N) is 5. The molecule has 0 amide bonds. The number of aromatic nitrogens is 4. The minimum atomic E-state index is 0.350. The Balaban J connectivity index is 1.63. The maximum Gasteiger partial charge on any atom is 0.268 e. The zero-order chi connectivity index (χ0) is 21.1. The zero-order valence-electron chi connectivity index (χ0n) is 17.3. The van der Waals surface area contributed by atoms with Crippen LogP contribution in [-0.4, -0.2) is 39.2 Å². The van der Waals surface area contributed by atoms with Crippen LogP contribution in [0.4, 0.5) is 0 Å². The molecule has 4 aromatic rings. The van der Waals surface area contributed by atoms with E-state index in [-0.39, 0.29) is 0 Å². The molecule has 6 heteroatoms. The fraction of sp³-hybridized carbons (Fsp3) is 0.167. The molecular weight excluding hydrogens is 374 g/mol. The predicted octanol–water partition coefficient (Wildman–Crippen LogP) is 4.96. The van der Waals surface area contributed by atoms with E-state index in [4.69, 9.17) is 4.42 Å². The largest absolute Gasteiger partial charge is 0.415 e. The first-order chi connectivity index (χ1) is 14.6. The summed E-state index contributed by atoms with van der Waals surface area (Å²) in [5.41, 5.74) is 6.35. The highest BCUT2D eigenvalue weighted by Gasteiger charge is 2.15. The summed E-state index contributed by atoms with van der Waals surface area (Å²) in [6, 6.07) is 16.1. The van der Waals surface area contributed by atoms with Gasteiger partial charge < -0.3 is 9.32 Å². The summed E-state index contributed by atoms with van der Waals surface area (Å²) < 4.78 is 5.92. The van der Waals surface area contributed by atoms with Gasteiger partial charge in [-0.05, 0) is 23.6 Å². The number of rotatable bonds is 6. The average molecular weight is 397 g/mol. The fourth-order valence-corrected chi connectivity index (χ4v) is 3.17. The van der Waals surface area contributed by atoms with E-state index in [9.17, 15) is 0 Å². The lowest BCUT2D eigenvalue weighted by molar-refractivity contribution is 0.581. The summed E-state index contributed by atoms with van der Waals surface area (Å²) >= 11 is 0. The molecule has 0 fully saturated rings. The quantitative estimate of drug-likeness (QED) is 0.458. The number of benzene rings is 2. The number of hydrogen-bond donors (Lipinski definition) is 0. The number of aryl methyl sites for hydroxylation is 1. The van der Waals surface area contributed by atoms with E-state index in [1.165, 1.54) is 0 Å². The molecule has 150 valence electrons. The van der Waals surface area contributed by atoms with Crippen molar-refractivity contribution in [2.24, 2.45) is 0 Å². The Hall–Kier alpha value is -3.80. The molecule has 0 aliphatic carbocycles.